The number of imidazole rings is 1. The summed E-state index contributed by atoms with van der Waals surface area (Å²) < 4.78 is 103. The highest BCUT2D eigenvalue weighted by molar-refractivity contribution is 8.54. The number of fused-ring (bicyclic) bond motifs is 4. The number of phosphoric acid groups is 1. The lowest BCUT2D eigenvalue weighted by atomic mass is 10.1. The quantitative estimate of drug-likeness (QED) is 0.191. The molecule has 0 aliphatic carbocycles. The van der Waals surface area contributed by atoms with Gasteiger partial charge in [0.15, 0.2) is 36.3 Å². The monoisotopic (exact) mass is 851 g/mol. The Morgan fingerprint density at radius 2 is 1.60 bits per heavy atom. The van der Waals surface area contributed by atoms with Crippen LogP contribution in [0.25, 0.3) is 11.2 Å². The Bertz CT molecular complexity index is 2480. The zero-order valence-electron chi connectivity index (χ0n) is 29.5. The van der Waals surface area contributed by atoms with Gasteiger partial charge in [0.2, 0.25) is 0 Å². The molecule has 0 radical (unpaired) electrons. The number of nitrogen functional groups attached to an aromatic ring is 1. The second-order valence-corrected chi connectivity index (χ2v) is 18.5. The second kappa shape index (κ2) is 15.8. The van der Waals surface area contributed by atoms with E-state index in [1.165, 1.54) is 10.9 Å². The summed E-state index contributed by atoms with van der Waals surface area (Å²) >= 11 is 0.634. The summed E-state index contributed by atoms with van der Waals surface area (Å²) in [6.45, 7) is -4.37. The highest BCUT2D eigenvalue weighted by Crippen LogP contribution is 2.64. The highest BCUT2D eigenvalue weighted by atomic mass is 32.7. The van der Waals surface area contributed by atoms with Crippen LogP contribution in [0.1, 0.15) is 23.6 Å². The number of nitrogens with one attached hydrogen (secondary N) is 1. The van der Waals surface area contributed by atoms with E-state index >= 15 is 8.78 Å². The van der Waals surface area contributed by atoms with Crippen LogP contribution in [0.2, 0.25) is 0 Å². The molecule has 302 valence electrons. The molecule has 19 nitrogen and oxygen atoms in total. The number of aryl methyl sites for hydroxylation is 1. The van der Waals surface area contributed by atoms with Crippen LogP contribution in [0.4, 0.5) is 14.6 Å². The Kier molecular flexibility index (Phi) is 10.9. The van der Waals surface area contributed by atoms with E-state index in [4.69, 9.17) is 38.0 Å². The van der Waals surface area contributed by atoms with E-state index in [1.54, 1.807) is 24.3 Å². The number of nitrogens with two attached hydrogens (primary N) is 1. The standard InChI is InChI=1S/C33H33F2N7O12P2S/c1-17-2-6-19(7-3-17)50-20-8-4-18(5-9-20)14-57-56(47)49-12-21-24(34)28(32(51-21)42-16-39-26-29(36)37-15-38-30(26)42)53-55(45,46)48-13-22-27(54-56)25(35)31(52-22)41-11-10-23(43)40-33(41)44/h2-11,15-16,21-22,24-25,27-28,31-32H,12-14H2,1H3,(H,45,46)(H2,36,37,38)(H,40,43,44)/t21-,22-,24-,25-,27-,28-,31-,32-,56?/m1/s1. The summed E-state index contributed by atoms with van der Waals surface area (Å²) in [6, 6.07) is 15.2. The number of nitrogens with zero attached hydrogens (tertiary/aromatic N) is 5. The van der Waals surface area contributed by atoms with E-state index in [1.807, 2.05) is 36.2 Å². The topological polar surface area (TPSA) is 243 Å². The van der Waals surface area contributed by atoms with Gasteiger partial charge in [-0.2, -0.15) is 0 Å². The van der Waals surface area contributed by atoms with E-state index in [9.17, 15) is 23.6 Å². The van der Waals surface area contributed by atoms with Crippen LogP contribution in [0, 0.1) is 6.92 Å². The molecule has 0 spiro atoms. The van der Waals surface area contributed by atoms with E-state index in [-0.39, 0.29) is 22.7 Å². The third-order valence-corrected chi connectivity index (χ3v) is 13.8. The number of anilines is 1. The lowest BCUT2D eigenvalue weighted by Crippen LogP contribution is -2.36. The van der Waals surface area contributed by atoms with Crippen molar-refractivity contribution in [3.05, 3.63) is 105 Å². The summed E-state index contributed by atoms with van der Waals surface area (Å²) in [5.74, 6) is 1.09. The fourth-order valence-corrected chi connectivity index (χ4v) is 10.6. The molecule has 57 heavy (non-hydrogen) atoms. The van der Waals surface area contributed by atoms with Gasteiger partial charge >= 0.3 is 20.3 Å². The molecular formula is C33H33F2N7O12P2S. The number of H-pyrrole nitrogens is 1. The first-order valence-electron chi connectivity index (χ1n) is 17.2. The number of halogens is 2. The summed E-state index contributed by atoms with van der Waals surface area (Å²) in [7, 11) is -5.25. The van der Waals surface area contributed by atoms with Gasteiger partial charge in [-0.05, 0) is 48.1 Å². The van der Waals surface area contributed by atoms with Crippen LogP contribution in [0.3, 0.4) is 0 Å². The van der Waals surface area contributed by atoms with Gasteiger partial charge in [0.25, 0.3) is 5.56 Å². The first-order valence-corrected chi connectivity index (χ1v) is 21.8. The number of phosphoric ester groups is 1. The molecule has 3 aromatic heterocycles. The normalized spacial score (nSPS) is 31.9. The van der Waals surface area contributed by atoms with Gasteiger partial charge in [-0.1, -0.05) is 29.8 Å². The number of benzene rings is 2. The number of hydrogen-bond donors (Lipinski definition) is 3. The number of alkyl halides is 2. The van der Waals surface area contributed by atoms with Crippen LogP contribution in [0.5, 0.6) is 11.5 Å². The van der Waals surface area contributed by atoms with Gasteiger partial charge in [-0.15, -0.1) is 0 Å². The van der Waals surface area contributed by atoms with Gasteiger partial charge in [-0.25, -0.2) is 37.7 Å². The minimum atomic E-state index is -5.25. The minimum Gasteiger partial charge on any atom is -0.457 e. The number of rotatable bonds is 7. The second-order valence-electron chi connectivity index (χ2n) is 13.1. The third kappa shape index (κ3) is 8.33. The molecule has 2 unspecified atom stereocenters. The molecule has 4 N–H and O–H groups in total. The van der Waals surface area contributed by atoms with Gasteiger partial charge in [-0.3, -0.25) is 37.0 Å². The van der Waals surface area contributed by atoms with Gasteiger partial charge < -0.3 is 24.8 Å². The maximum atomic E-state index is 16.4. The van der Waals surface area contributed by atoms with Crippen molar-refractivity contribution in [2.75, 3.05) is 18.9 Å². The third-order valence-electron chi connectivity index (χ3n) is 9.19. The highest BCUT2D eigenvalue weighted by Gasteiger charge is 2.55. The van der Waals surface area contributed by atoms with Crippen molar-refractivity contribution in [2.24, 2.45) is 0 Å². The van der Waals surface area contributed by atoms with Crippen molar-refractivity contribution in [1.82, 2.24) is 29.1 Å². The van der Waals surface area contributed by atoms with E-state index < -0.39 is 88.3 Å². The molecule has 3 aliphatic heterocycles. The summed E-state index contributed by atoms with van der Waals surface area (Å²) in [4.78, 5) is 49.3. The Balaban J connectivity index is 1.10. The summed E-state index contributed by atoms with van der Waals surface area (Å²) in [5.41, 5.74) is 5.98. The lowest BCUT2D eigenvalue weighted by Gasteiger charge is -2.27. The first-order chi connectivity index (χ1) is 27.3. The van der Waals surface area contributed by atoms with Crippen LogP contribution in [-0.2, 0) is 42.5 Å². The number of aromatic nitrogens is 6. The zero-order chi connectivity index (χ0) is 40.1. The van der Waals surface area contributed by atoms with Gasteiger partial charge in [0.1, 0.15) is 47.8 Å². The average Bonchev–Trinajstić information content (AvgIpc) is 3.84. The Morgan fingerprint density at radius 3 is 2.33 bits per heavy atom. The molecule has 3 fully saturated rings. The summed E-state index contributed by atoms with van der Waals surface area (Å²) in [6.07, 6.45) is -11.5. The molecule has 3 saturated heterocycles. The van der Waals surface area contributed by atoms with Crippen molar-refractivity contribution in [3.63, 3.8) is 0 Å². The van der Waals surface area contributed by atoms with Crippen molar-refractivity contribution in [1.29, 1.82) is 0 Å². The molecule has 5 aromatic rings. The lowest BCUT2D eigenvalue weighted by molar-refractivity contribution is -0.0640. The van der Waals surface area contributed by atoms with Crippen molar-refractivity contribution in [2.45, 2.75) is 61.9 Å². The molecule has 6 heterocycles. The first kappa shape index (κ1) is 39.5. The SMILES string of the molecule is Cc1ccc(Oc2ccc(CSP3(=O)OC[C@H]4O[C@@H](n5cnc6c(N)ncnc65)[C@H](OP(=O)(O)OC[C@H]5O[C@@H](n6ccc(=O)[nH]c6=O)[C@H](F)[C@@H]5O3)[C@@H]4F)cc2)cc1. The number of hydrogen-bond acceptors (Lipinski definition) is 16. The molecule has 2 bridgehead atoms. The van der Waals surface area contributed by atoms with E-state index in [2.05, 4.69) is 15.0 Å². The van der Waals surface area contributed by atoms with Crippen molar-refractivity contribution < 1.29 is 55.1 Å². The molecule has 0 saturated carbocycles. The predicted molar refractivity (Wildman–Crippen MR) is 197 cm³/mol. The fourth-order valence-electron chi connectivity index (χ4n) is 6.34. The van der Waals surface area contributed by atoms with Crippen molar-refractivity contribution in [3.8, 4) is 11.5 Å². The smallest absolute Gasteiger partial charge is 0.457 e. The summed E-state index contributed by atoms with van der Waals surface area (Å²) in [5, 5.41) is 0. The Labute approximate surface area is 324 Å². The molecular weight excluding hydrogens is 818 g/mol. The van der Waals surface area contributed by atoms with Crippen LogP contribution >= 0.6 is 26.0 Å². The minimum absolute atomic E-state index is 0.00698. The Hall–Kier alpha value is -4.34. The van der Waals surface area contributed by atoms with E-state index in [0.29, 0.717) is 28.4 Å². The molecule has 10 atom stereocenters. The van der Waals surface area contributed by atoms with Gasteiger partial charge in [0.05, 0.1) is 19.5 Å². The largest absolute Gasteiger partial charge is 0.472 e. The fraction of sp³-hybridized carbons (Fsp3) is 0.364. The average molecular weight is 852 g/mol. The molecule has 2 aromatic carbocycles. The Morgan fingerprint density at radius 1 is 0.895 bits per heavy atom. The van der Waals surface area contributed by atoms with Crippen LogP contribution in [-0.4, -0.2) is 83.9 Å². The van der Waals surface area contributed by atoms with Gasteiger partial charge in [0, 0.05) is 18.0 Å². The van der Waals surface area contributed by atoms with Crippen molar-refractivity contribution >= 4 is 43.0 Å². The number of aromatic amines is 1. The molecule has 24 heteroatoms. The van der Waals surface area contributed by atoms with Crippen LogP contribution in [0.15, 0.2) is 83.0 Å². The van der Waals surface area contributed by atoms with E-state index in [0.717, 1.165) is 28.7 Å². The molecule has 8 rings (SSSR count). The van der Waals surface area contributed by atoms with Crippen LogP contribution < -0.4 is 21.7 Å². The molecule has 3 aliphatic rings. The number of ether oxygens (including phenoxy) is 3. The maximum Gasteiger partial charge on any atom is 0.472 e. The maximum absolute atomic E-state index is 16.4. The predicted octanol–water partition coefficient (Wildman–Crippen LogP) is 4.49. The zero-order valence-corrected chi connectivity index (χ0v) is 32.1. The molecule has 0 amide bonds.